The van der Waals surface area contributed by atoms with E-state index in [9.17, 15) is 0 Å². The fraction of sp³-hybridized carbons (Fsp3) is 0.471. The molecule has 2 aliphatic rings. The maximum atomic E-state index is 5.91. The van der Waals surface area contributed by atoms with Crippen molar-refractivity contribution in [3.8, 4) is 11.5 Å². The number of nitrogens with zero attached hydrogens (tertiary/aromatic N) is 2. The third-order valence-electron chi connectivity index (χ3n) is 4.88. The Morgan fingerprint density at radius 1 is 1.27 bits per heavy atom. The molecule has 0 bridgehead atoms. The summed E-state index contributed by atoms with van der Waals surface area (Å²) in [5.74, 6) is 0.670. The lowest BCUT2D eigenvalue weighted by molar-refractivity contribution is 0.266. The van der Waals surface area contributed by atoms with Gasteiger partial charge in [-0.25, -0.2) is 4.98 Å². The van der Waals surface area contributed by atoms with Gasteiger partial charge in [0.1, 0.15) is 6.26 Å². The molecule has 2 fully saturated rings. The van der Waals surface area contributed by atoms with Gasteiger partial charge in [0, 0.05) is 30.2 Å². The smallest absolute Gasteiger partial charge is 0.226 e. The van der Waals surface area contributed by atoms with Crippen molar-refractivity contribution >= 4 is 11.6 Å². The van der Waals surface area contributed by atoms with Crippen molar-refractivity contribution in [3.63, 3.8) is 0 Å². The summed E-state index contributed by atoms with van der Waals surface area (Å²) in [5.41, 5.74) is 2.48. The number of oxazole rings is 1. The van der Waals surface area contributed by atoms with E-state index in [2.05, 4.69) is 15.2 Å². The number of hydrogen-bond donors (Lipinski definition) is 1. The van der Waals surface area contributed by atoms with Crippen molar-refractivity contribution in [2.75, 3.05) is 26.2 Å². The van der Waals surface area contributed by atoms with Gasteiger partial charge >= 0.3 is 0 Å². The van der Waals surface area contributed by atoms with Crippen LogP contribution >= 0.6 is 11.6 Å². The second kappa shape index (κ2) is 5.69. The van der Waals surface area contributed by atoms with Crippen LogP contribution in [0.5, 0.6) is 0 Å². The minimum absolute atomic E-state index is 0.503. The number of aromatic nitrogens is 1. The number of rotatable bonds is 3. The molecular formula is C17H20ClN3O. The zero-order chi connectivity index (χ0) is 15.0. The highest BCUT2D eigenvalue weighted by atomic mass is 35.5. The van der Waals surface area contributed by atoms with Gasteiger partial charge in [0.15, 0.2) is 0 Å². The Morgan fingerprint density at radius 2 is 2.14 bits per heavy atom. The normalized spacial score (nSPS) is 25.3. The molecule has 4 nitrogen and oxygen atoms in total. The molecule has 1 N–H and O–H groups in total. The Bertz CT molecular complexity index is 646. The van der Waals surface area contributed by atoms with E-state index in [1.165, 1.54) is 32.5 Å². The van der Waals surface area contributed by atoms with Gasteiger partial charge in [-0.3, -0.25) is 4.90 Å². The molecule has 3 heterocycles. The average molecular weight is 318 g/mol. The molecule has 0 radical (unpaired) electrons. The van der Waals surface area contributed by atoms with Crippen LogP contribution in [0.25, 0.3) is 11.5 Å². The predicted molar refractivity (Wildman–Crippen MR) is 86.8 cm³/mol. The second-order valence-electron chi connectivity index (χ2n) is 6.54. The summed E-state index contributed by atoms with van der Waals surface area (Å²) in [6.07, 6.45) is 4.38. The fourth-order valence-corrected chi connectivity index (χ4v) is 3.77. The predicted octanol–water partition coefficient (Wildman–Crippen LogP) is 3.18. The molecule has 2 saturated heterocycles. The number of likely N-dealkylation sites (tertiary alicyclic amines) is 1. The number of nitrogens with one attached hydrogen (secondary N) is 1. The van der Waals surface area contributed by atoms with E-state index in [0.29, 0.717) is 11.3 Å². The molecule has 2 aromatic rings. The van der Waals surface area contributed by atoms with Gasteiger partial charge in [0.25, 0.3) is 0 Å². The molecule has 22 heavy (non-hydrogen) atoms. The molecule has 1 unspecified atom stereocenters. The summed E-state index contributed by atoms with van der Waals surface area (Å²) in [7, 11) is 0. The Labute approximate surface area is 135 Å². The van der Waals surface area contributed by atoms with Gasteiger partial charge in [-0.15, -0.1) is 0 Å². The lowest BCUT2D eigenvalue weighted by atomic mass is 9.87. The molecule has 1 aromatic heterocycles. The summed E-state index contributed by atoms with van der Waals surface area (Å²) in [6.45, 7) is 5.53. The summed E-state index contributed by atoms with van der Waals surface area (Å²) >= 11 is 5.91. The van der Waals surface area contributed by atoms with E-state index in [-0.39, 0.29) is 0 Å². The van der Waals surface area contributed by atoms with E-state index in [1.807, 2.05) is 24.3 Å². The Morgan fingerprint density at radius 3 is 2.91 bits per heavy atom. The number of hydrogen-bond acceptors (Lipinski definition) is 4. The minimum Gasteiger partial charge on any atom is -0.444 e. The van der Waals surface area contributed by atoms with E-state index in [4.69, 9.17) is 16.0 Å². The zero-order valence-corrected chi connectivity index (χ0v) is 13.3. The maximum Gasteiger partial charge on any atom is 0.226 e. The quantitative estimate of drug-likeness (QED) is 0.944. The van der Waals surface area contributed by atoms with E-state index < -0.39 is 0 Å². The molecule has 5 heteroatoms. The Balaban J connectivity index is 1.43. The monoisotopic (exact) mass is 317 g/mol. The lowest BCUT2D eigenvalue weighted by Gasteiger charge is -2.22. The lowest BCUT2D eigenvalue weighted by Crippen LogP contribution is -2.29. The zero-order valence-electron chi connectivity index (χ0n) is 12.5. The van der Waals surface area contributed by atoms with Gasteiger partial charge in [0.2, 0.25) is 5.89 Å². The highest BCUT2D eigenvalue weighted by Gasteiger charge is 2.40. The first-order valence-corrected chi connectivity index (χ1v) is 8.24. The molecule has 4 rings (SSSR count). The minimum atomic E-state index is 0.503. The molecule has 2 aliphatic heterocycles. The molecule has 116 valence electrons. The summed E-state index contributed by atoms with van der Waals surface area (Å²) in [4.78, 5) is 7.12. The largest absolute Gasteiger partial charge is 0.444 e. The van der Waals surface area contributed by atoms with Crippen molar-refractivity contribution in [1.29, 1.82) is 0 Å². The van der Waals surface area contributed by atoms with Gasteiger partial charge in [-0.05, 0) is 55.6 Å². The molecule has 1 spiro atoms. The SMILES string of the molecule is Clc1ccc(-c2nc(CN3CCC4(CCNC4)C3)co2)cc1. The van der Waals surface area contributed by atoms with Gasteiger partial charge < -0.3 is 9.73 Å². The van der Waals surface area contributed by atoms with Gasteiger partial charge in [-0.2, -0.15) is 0 Å². The van der Waals surface area contributed by atoms with Gasteiger partial charge in [-0.1, -0.05) is 11.6 Å². The fourth-order valence-electron chi connectivity index (χ4n) is 3.64. The summed E-state index contributed by atoms with van der Waals surface area (Å²) in [5, 5.41) is 4.22. The van der Waals surface area contributed by atoms with E-state index in [0.717, 1.165) is 29.4 Å². The highest BCUT2D eigenvalue weighted by Crippen LogP contribution is 2.36. The molecule has 1 atom stereocenters. The number of benzene rings is 1. The van der Waals surface area contributed by atoms with Crippen LogP contribution in [0.2, 0.25) is 5.02 Å². The van der Waals surface area contributed by atoms with Gasteiger partial charge in [0.05, 0.1) is 5.69 Å². The van der Waals surface area contributed by atoms with Crippen LogP contribution in [0.3, 0.4) is 0 Å². The van der Waals surface area contributed by atoms with Crippen LogP contribution in [-0.4, -0.2) is 36.1 Å². The topological polar surface area (TPSA) is 41.3 Å². The Hall–Kier alpha value is -1.36. The van der Waals surface area contributed by atoms with Crippen LogP contribution in [-0.2, 0) is 6.54 Å². The van der Waals surface area contributed by atoms with E-state index in [1.54, 1.807) is 6.26 Å². The molecule has 0 aliphatic carbocycles. The van der Waals surface area contributed by atoms with E-state index >= 15 is 0 Å². The third kappa shape index (κ3) is 2.78. The molecule has 1 aromatic carbocycles. The average Bonchev–Trinajstić information content (AvgIpc) is 3.24. The first-order chi connectivity index (χ1) is 10.7. The summed E-state index contributed by atoms with van der Waals surface area (Å²) in [6, 6.07) is 7.59. The molecule has 0 saturated carbocycles. The van der Waals surface area contributed by atoms with Crippen molar-refractivity contribution in [3.05, 3.63) is 41.2 Å². The van der Waals surface area contributed by atoms with Crippen molar-refractivity contribution in [2.24, 2.45) is 5.41 Å². The summed E-state index contributed by atoms with van der Waals surface area (Å²) < 4.78 is 5.62. The number of halogens is 1. The first kappa shape index (κ1) is 14.2. The first-order valence-electron chi connectivity index (χ1n) is 7.86. The molecule has 0 amide bonds. The Kier molecular flexibility index (Phi) is 3.68. The molecular weight excluding hydrogens is 298 g/mol. The van der Waals surface area contributed by atoms with Crippen molar-refractivity contribution in [2.45, 2.75) is 19.4 Å². The van der Waals surface area contributed by atoms with Crippen LogP contribution in [0.1, 0.15) is 18.5 Å². The van der Waals surface area contributed by atoms with Crippen LogP contribution in [0.15, 0.2) is 34.9 Å². The third-order valence-corrected chi connectivity index (χ3v) is 5.13. The highest BCUT2D eigenvalue weighted by molar-refractivity contribution is 6.30. The second-order valence-corrected chi connectivity index (χ2v) is 6.97. The van der Waals surface area contributed by atoms with Crippen LogP contribution < -0.4 is 5.32 Å². The van der Waals surface area contributed by atoms with Crippen molar-refractivity contribution < 1.29 is 4.42 Å². The van der Waals surface area contributed by atoms with Crippen LogP contribution in [0, 0.1) is 5.41 Å². The van der Waals surface area contributed by atoms with Crippen LogP contribution in [0.4, 0.5) is 0 Å². The maximum absolute atomic E-state index is 5.91. The van der Waals surface area contributed by atoms with Crippen molar-refractivity contribution in [1.82, 2.24) is 15.2 Å². The standard InChI is InChI=1S/C17H20ClN3O/c18-14-3-1-13(2-4-14)16-20-15(10-22-16)9-21-8-6-17(12-21)5-7-19-11-17/h1-4,10,19H,5-9,11-12H2.